The van der Waals surface area contributed by atoms with Gasteiger partial charge in [0.15, 0.2) is 0 Å². The Labute approximate surface area is 101 Å². The number of hydrogen-bond donors (Lipinski definition) is 1. The Morgan fingerprint density at radius 1 is 1.35 bits per heavy atom. The highest BCUT2D eigenvalue weighted by molar-refractivity contribution is 7.92. The van der Waals surface area contributed by atoms with E-state index in [-0.39, 0.29) is 11.6 Å². The van der Waals surface area contributed by atoms with Crippen molar-refractivity contribution in [2.24, 2.45) is 0 Å². The van der Waals surface area contributed by atoms with Crippen molar-refractivity contribution in [3.8, 4) is 0 Å². The molecule has 0 bridgehead atoms. The van der Waals surface area contributed by atoms with Gasteiger partial charge in [-0.3, -0.25) is 4.31 Å². The second-order valence-corrected chi connectivity index (χ2v) is 6.33. The Balaban J connectivity index is 3.40. The predicted octanol–water partition coefficient (Wildman–Crippen LogP) is 1.93. The smallest absolute Gasteiger partial charge is 0.232 e. The predicted molar refractivity (Wildman–Crippen MR) is 68.1 cm³/mol. The van der Waals surface area contributed by atoms with Crippen molar-refractivity contribution < 1.29 is 12.8 Å². The van der Waals surface area contributed by atoms with E-state index < -0.39 is 15.8 Å². The van der Waals surface area contributed by atoms with Crippen LogP contribution in [0, 0.1) is 5.82 Å². The van der Waals surface area contributed by atoms with Gasteiger partial charge in [-0.05, 0) is 23.6 Å². The van der Waals surface area contributed by atoms with Crippen molar-refractivity contribution in [3.05, 3.63) is 23.5 Å². The van der Waals surface area contributed by atoms with Crippen molar-refractivity contribution in [1.82, 2.24) is 0 Å². The lowest BCUT2D eigenvalue weighted by atomic mass is 10.0. The van der Waals surface area contributed by atoms with Crippen molar-refractivity contribution in [2.45, 2.75) is 19.8 Å². The largest absolute Gasteiger partial charge is 0.397 e. The molecule has 0 saturated carbocycles. The van der Waals surface area contributed by atoms with Gasteiger partial charge in [0.25, 0.3) is 0 Å². The van der Waals surface area contributed by atoms with Gasteiger partial charge in [0, 0.05) is 7.05 Å². The minimum Gasteiger partial charge on any atom is -0.397 e. The summed E-state index contributed by atoms with van der Waals surface area (Å²) in [6.45, 7) is 3.66. The monoisotopic (exact) mass is 260 g/mol. The van der Waals surface area contributed by atoms with E-state index in [2.05, 4.69) is 0 Å². The van der Waals surface area contributed by atoms with E-state index in [0.717, 1.165) is 16.6 Å². The second kappa shape index (κ2) is 4.52. The zero-order valence-corrected chi connectivity index (χ0v) is 11.2. The summed E-state index contributed by atoms with van der Waals surface area (Å²) in [5, 5.41) is 0. The highest BCUT2D eigenvalue weighted by Gasteiger charge is 2.18. The minimum absolute atomic E-state index is 0.0395. The maximum atomic E-state index is 13.6. The van der Waals surface area contributed by atoms with Gasteiger partial charge in [0.1, 0.15) is 5.82 Å². The first kappa shape index (κ1) is 13.8. The van der Waals surface area contributed by atoms with Crippen LogP contribution in [0.4, 0.5) is 15.8 Å². The summed E-state index contributed by atoms with van der Waals surface area (Å²) in [6, 6.07) is 2.64. The third kappa shape index (κ3) is 2.88. The highest BCUT2D eigenvalue weighted by atomic mass is 32.2. The van der Waals surface area contributed by atoms with Crippen LogP contribution in [-0.4, -0.2) is 21.7 Å². The molecule has 2 N–H and O–H groups in total. The Bertz CT molecular complexity index is 527. The molecule has 0 aliphatic heterocycles. The summed E-state index contributed by atoms with van der Waals surface area (Å²) in [4.78, 5) is 0. The Morgan fingerprint density at radius 3 is 2.29 bits per heavy atom. The van der Waals surface area contributed by atoms with Gasteiger partial charge in [0.05, 0.1) is 17.6 Å². The molecule has 0 heterocycles. The van der Waals surface area contributed by atoms with Crippen LogP contribution in [0.15, 0.2) is 12.1 Å². The molecule has 0 aliphatic carbocycles. The summed E-state index contributed by atoms with van der Waals surface area (Å²) in [5.41, 5.74) is 6.50. The van der Waals surface area contributed by atoms with Gasteiger partial charge in [0.2, 0.25) is 10.0 Å². The number of nitrogens with two attached hydrogens (primary N) is 1. The molecule has 1 aromatic carbocycles. The van der Waals surface area contributed by atoms with Gasteiger partial charge < -0.3 is 5.73 Å². The molecule has 0 amide bonds. The van der Waals surface area contributed by atoms with Gasteiger partial charge in [-0.1, -0.05) is 13.8 Å². The lowest BCUT2D eigenvalue weighted by Crippen LogP contribution is -2.26. The first-order chi connectivity index (χ1) is 7.64. The van der Waals surface area contributed by atoms with Gasteiger partial charge >= 0.3 is 0 Å². The topological polar surface area (TPSA) is 63.4 Å². The van der Waals surface area contributed by atoms with Crippen LogP contribution in [0.3, 0.4) is 0 Å². The average molecular weight is 260 g/mol. The fourth-order valence-corrected chi connectivity index (χ4v) is 2.00. The molecule has 17 heavy (non-hydrogen) atoms. The first-order valence-corrected chi connectivity index (χ1v) is 7.02. The number of anilines is 2. The van der Waals surface area contributed by atoms with Crippen LogP contribution < -0.4 is 10.0 Å². The molecule has 0 saturated heterocycles. The van der Waals surface area contributed by atoms with Crippen LogP contribution in [0.1, 0.15) is 25.3 Å². The lowest BCUT2D eigenvalue weighted by Gasteiger charge is -2.20. The van der Waals surface area contributed by atoms with E-state index in [0.29, 0.717) is 11.3 Å². The Kier molecular flexibility index (Phi) is 3.66. The van der Waals surface area contributed by atoms with E-state index in [4.69, 9.17) is 5.73 Å². The Morgan fingerprint density at radius 2 is 1.88 bits per heavy atom. The van der Waals surface area contributed by atoms with Crippen LogP contribution in [0.25, 0.3) is 0 Å². The van der Waals surface area contributed by atoms with Crippen molar-refractivity contribution in [2.75, 3.05) is 23.3 Å². The summed E-state index contributed by atoms with van der Waals surface area (Å²) >= 11 is 0. The molecule has 0 radical (unpaired) electrons. The lowest BCUT2D eigenvalue weighted by molar-refractivity contribution is 0.595. The molecule has 0 spiro atoms. The number of nitrogen functional groups attached to an aromatic ring is 1. The van der Waals surface area contributed by atoms with Gasteiger partial charge in [-0.2, -0.15) is 0 Å². The molecule has 1 aromatic rings. The number of benzene rings is 1. The maximum Gasteiger partial charge on any atom is 0.232 e. The van der Waals surface area contributed by atoms with Gasteiger partial charge in [-0.25, -0.2) is 12.8 Å². The summed E-state index contributed by atoms with van der Waals surface area (Å²) in [5.74, 6) is -0.453. The Hall–Kier alpha value is -1.30. The van der Waals surface area contributed by atoms with Gasteiger partial charge in [-0.15, -0.1) is 0 Å². The maximum absolute atomic E-state index is 13.6. The molecule has 96 valence electrons. The minimum atomic E-state index is -3.40. The first-order valence-electron chi connectivity index (χ1n) is 5.17. The number of nitrogens with zero attached hydrogens (tertiary/aromatic N) is 1. The fraction of sp³-hybridized carbons (Fsp3) is 0.455. The second-order valence-electron chi connectivity index (χ2n) is 4.32. The quantitative estimate of drug-likeness (QED) is 0.845. The summed E-state index contributed by atoms with van der Waals surface area (Å²) < 4.78 is 37.5. The third-order valence-electron chi connectivity index (χ3n) is 2.60. The zero-order valence-electron chi connectivity index (χ0n) is 10.4. The van der Waals surface area contributed by atoms with E-state index in [1.165, 1.54) is 13.1 Å². The number of rotatable bonds is 3. The normalized spacial score (nSPS) is 11.9. The molecule has 0 unspecified atom stereocenters. The molecule has 4 nitrogen and oxygen atoms in total. The molecule has 6 heteroatoms. The SMILES string of the molecule is CC(C)c1cc(N(C)S(C)(=O)=O)c(N)cc1F. The third-order valence-corrected chi connectivity index (χ3v) is 3.80. The molecule has 0 aromatic heterocycles. The molecule has 1 rings (SSSR count). The van der Waals surface area contributed by atoms with E-state index in [1.54, 1.807) is 0 Å². The summed E-state index contributed by atoms with van der Waals surface area (Å²) in [6.07, 6.45) is 1.07. The molecule has 0 aliphatic rings. The van der Waals surface area contributed by atoms with E-state index >= 15 is 0 Å². The molecular formula is C11H17FN2O2S. The van der Waals surface area contributed by atoms with Crippen molar-refractivity contribution >= 4 is 21.4 Å². The van der Waals surface area contributed by atoms with Crippen LogP contribution in [-0.2, 0) is 10.0 Å². The van der Waals surface area contributed by atoms with Crippen molar-refractivity contribution in [3.63, 3.8) is 0 Å². The van der Waals surface area contributed by atoms with E-state index in [1.807, 2.05) is 13.8 Å². The average Bonchev–Trinajstić information content (AvgIpc) is 2.14. The summed E-state index contributed by atoms with van der Waals surface area (Å²) in [7, 11) is -2.01. The zero-order chi connectivity index (χ0) is 13.4. The number of hydrogen-bond acceptors (Lipinski definition) is 3. The standard InChI is InChI=1S/C11H17FN2O2S/c1-7(2)8-5-11(10(13)6-9(8)12)14(3)17(4,15)16/h5-7H,13H2,1-4H3. The molecule has 0 fully saturated rings. The highest BCUT2D eigenvalue weighted by Crippen LogP contribution is 2.30. The number of sulfonamides is 1. The van der Waals surface area contributed by atoms with Crippen LogP contribution in [0.2, 0.25) is 0 Å². The number of halogens is 1. The van der Waals surface area contributed by atoms with Crippen molar-refractivity contribution in [1.29, 1.82) is 0 Å². The molecule has 0 atom stereocenters. The van der Waals surface area contributed by atoms with Crippen LogP contribution >= 0.6 is 0 Å². The fourth-order valence-electron chi connectivity index (χ4n) is 1.49. The molecular weight excluding hydrogens is 243 g/mol. The van der Waals surface area contributed by atoms with E-state index in [9.17, 15) is 12.8 Å². The van der Waals surface area contributed by atoms with Crippen LogP contribution in [0.5, 0.6) is 0 Å².